The number of rotatable bonds is 3. The fourth-order valence-electron chi connectivity index (χ4n) is 2.76. The van der Waals surface area contributed by atoms with Crippen LogP contribution in [-0.4, -0.2) is 17.7 Å². The van der Waals surface area contributed by atoms with Gasteiger partial charge in [-0.25, -0.2) is 0 Å². The number of hydrogen-bond donors (Lipinski definition) is 1. The van der Waals surface area contributed by atoms with Gasteiger partial charge in [0.25, 0.3) is 0 Å². The van der Waals surface area contributed by atoms with Crippen LogP contribution in [0.25, 0.3) is 0 Å². The van der Waals surface area contributed by atoms with E-state index in [9.17, 15) is 5.26 Å². The Morgan fingerprint density at radius 1 is 1.44 bits per heavy atom. The van der Waals surface area contributed by atoms with Crippen LogP contribution in [-0.2, 0) is 6.61 Å². The molecule has 1 atom stereocenters. The first-order chi connectivity index (χ1) is 8.80. The van der Waals surface area contributed by atoms with E-state index in [4.69, 9.17) is 5.11 Å². The van der Waals surface area contributed by atoms with Crippen molar-refractivity contribution in [3.05, 3.63) is 29.3 Å². The molecule has 1 aliphatic rings. The molecule has 1 aromatic carbocycles. The maximum atomic E-state index is 9.27. The van der Waals surface area contributed by atoms with Crippen LogP contribution < -0.4 is 4.90 Å². The van der Waals surface area contributed by atoms with Gasteiger partial charge < -0.3 is 10.0 Å². The zero-order valence-electron chi connectivity index (χ0n) is 10.9. The summed E-state index contributed by atoms with van der Waals surface area (Å²) >= 11 is 0. The number of nitrogens with zero attached hydrogens (tertiary/aromatic N) is 2. The van der Waals surface area contributed by atoms with Crippen molar-refractivity contribution in [3.8, 4) is 6.07 Å². The van der Waals surface area contributed by atoms with E-state index < -0.39 is 0 Å². The normalized spacial score (nSPS) is 19.6. The van der Waals surface area contributed by atoms with Crippen LogP contribution in [0.15, 0.2) is 18.2 Å². The lowest BCUT2D eigenvalue weighted by Gasteiger charge is -2.37. The van der Waals surface area contributed by atoms with E-state index in [0.717, 1.165) is 24.2 Å². The van der Waals surface area contributed by atoms with Crippen molar-refractivity contribution in [2.75, 3.05) is 11.4 Å². The molecular formula is C15H20N2O. The molecule has 3 heteroatoms. The molecule has 1 N–H and O–H groups in total. The van der Waals surface area contributed by atoms with Crippen LogP contribution in [0.3, 0.4) is 0 Å². The molecule has 0 amide bonds. The van der Waals surface area contributed by atoms with E-state index in [1.165, 1.54) is 19.3 Å². The molecular weight excluding hydrogens is 224 g/mol. The minimum atomic E-state index is -0.00777. The Morgan fingerprint density at radius 3 is 2.94 bits per heavy atom. The zero-order valence-corrected chi connectivity index (χ0v) is 10.9. The number of piperidine rings is 1. The molecule has 0 radical (unpaired) electrons. The number of hydrogen-bond acceptors (Lipinski definition) is 3. The number of aliphatic hydroxyl groups excluding tert-OH is 1. The molecule has 0 aliphatic carbocycles. The predicted molar refractivity (Wildman–Crippen MR) is 72.4 cm³/mol. The zero-order chi connectivity index (χ0) is 13.0. The quantitative estimate of drug-likeness (QED) is 0.889. The van der Waals surface area contributed by atoms with E-state index in [0.29, 0.717) is 11.6 Å². The lowest BCUT2D eigenvalue weighted by atomic mass is 9.97. The van der Waals surface area contributed by atoms with Gasteiger partial charge in [0.15, 0.2) is 0 Å². The van der Waals surface area contributed by atoms with E-state index in [1.807, 2.05) is 12.1 Å². The molecule has 18 heavy (non-hydrogen) atoms. The molecule has 1 aromatic rings. The second-order valence-corrected chi connectivity index (χ2v) is 4.87. The van der Waals surface area contributed by atoms with E-state index in [-0.39, 0.29) is 6.61 Å². The molecule has 1 unspecified atom stereocenters. The topological polar surface area (TPSA) is 47.3 Å². The second-order valence-electron chi connectivity index (χ2n) is 4.87. The molecule has 1 heterocycles. The Balaban J connectivity index is 2.34. The molecule has 0 aromatic heterocycles. The third-order valence-electron chi connectivity index (χ3n) is 3.77. The highest BCUT2D eigenvalue weighted by molar-refractivity contribution is 5.61. The Hall–Kier alpha value is -1.53. The van der Waals surface area contributed by atoms with Gasteiger partial charge in [-0.1, -0.05) is 13.0 Å². The summed E-state index contributed by atoms with van der Waals surface area (Å²) in [6.07, 6.45) is 4.81. The smallest absolute Gasteiger partial charge is 0.101 e. The van der Waals surface area contributed by atoms with Gasteiger partial charge in [-0.05, 0) is 43.4 Å². The Morgan fingerprint density at radius 2 is 2.28 bits per heavy atom. The second kappa shape index (κ2) is 5.88. The van der Waals surface area contributed by atoms with Crippen LogP contribution in [0.5, 0.6) is 0 Å². The Kier molecular flexibility index (Phi) is 4.22. The summed E-state index contributed by atoms with van der Waals surface area (Å²) in [5.74, 6) is 0. The Bertz CT molecular complexity index is 450. The van der Waals surface area contributed by atoms with Crippen molar-refractivity contribution in [1.82, 2.24) is 0 Å². The van der Waals surface area contributed by atoms with Crippen LogP contribution >= 0.6 is 0 Å². The minimum Gasteiger partial charge on any atom is -0.392 e. The van der Waals surface area contributed by atoms with Crippen molar-refractivity contribution in [3.63, 3.8) is 0 Å². The lowest BCUT2D eigenvalue weighted by Crippen LogP contribution is -2.39. The van der Waals surface area contributed by atoms with Crippen molar-refractivity contribution in [2.45, 2.75) is 45.3 Å². The summed E-state index contributed by atoms with van der Waals surface area (Å²) < 4.78 is 0. The highest BCUT2D eigenvalue weighted by Gasteiger charge is 2.23. The maximum absolute atomic E-state index is 9.27. The number of anilines is 1. The van der Waals surface area contributed by atoms with Gasteiger partial charge in [0.1, 0.15) is 6.07 Å². The number of aliphatic hydroxyl groups is 1. The molecule has 1 fully saturated rings. The fourth-order valence-corrected chi connectivity index (χ4v) is 2.76. The van der Waals surface area contributed by atoms with Crippen LogP contribution in [0.2, 0.25) is 0 Å². The van der Waals surface area contributed by atoms with Crippen molar-refractivity contribution >= 4 is 5.69 Å². The lowest BCUT2D eigenvalue weighted by molar-refractivity contribution is 0.282. The van der Waals surface area contributed by atoms with Gasteiger partial charge in [0.05, 0.1) is 17.9 Å². The van der Waals surface area contributed by atoms with Crippen molar-refractivity contribution in [1.29, 1.82) is 5.26 Å². The summed E-state index contributed by atoms with van der Waals surface area (Å²) in [5, 5.41) is 18.4. The van der Waals surface area contributed by atoms with Gasteiger partial charge in [-0.15, -0.1) is 0 Å². The van der Waals surface area contributed by atoms with Gasteiger partial charge in [-0.2, -0.15) is 5.26 Å². The Labute approximate surface area is 109 Å². The standard InChI is InChI=1S/C15H20N2O/c1-2-14-5-3-4-8-17(14)15-7-6-12(11-18)9-13(15)10-16/h6-7,9,14,18H,2-5,8,11H2,1H3. The highest BCUT2D eigenvalue weighted by Crippen LogP contribution is 2.29. The van der Waals surface area contributed by atoms with Crippen molar-refractivity contribution in [2.24, 2.45) is 0 Å². The fraction of sp³-hybridized carbons (Fsp3) is 0.533. The average Bonchev–Trinajstić information content (AvgIpc) is 2.46. The molecule has 2 rings (SSSR count). The van der Waals surface area contributed by atoms with Crippen LogP contribution in [0.1, 0.15) is 43.7 Å². The highest BCUT2D eigenvalue weighted by atomic mass is 16.3. The molecule has 1 saturated heterocycles. The van der Waals surface area contributed by atoms with Crippen LogP contribution in [0.4, 0.5) is 5.69 Å². The number of benzene rings is 1. The van der Waals surface area contributed by atoms with Gasteiger partial charge in [-0.3, -0.25) is 0 Å². The monoisotopic (exact) mass is 244 g/mol. The van der Waals surface area contributed by atoms with Crippen LogP contribution in [0, 0.1) is 11.3 Å². The first-order valence-electron chi connectivity index (χ1n) is 6.70. The summed E-state index contributed by atoms with van der Waals surface area (Å²) in [6.45, 7) is 3.23. The SMILES string of the molecule is CCC1CCCCN1c1ccc(CO)cc1C#N. The predicted octanol–water partition coefficient (Wildman–Crippen LogP) is 2.82. The maximum Gasteiger partial charge on any atom is 0.101 e. The summed E-state index contributed by atoms with van der Waals surface area (Å²) in [6, 6.07) is 8.51. The third kappa shape index (κ3) is 2.49. The summed E-state index contributed by atoms with van der Waals surface area (Å²) in [4.78, 5) is 2.36. The van der Waals surface area contributed by atoms with Gasteiger partial charge in [0.2, 0.25) is 0 Å². The van der Waals surface area contributed by atoms with Gasteiger partial charge in [0, 0.05) is 12.6 Å². The molecule has 1 aliphatic heterocycles. The van der Waals surface area contributed by atoms with E-state index >= 15 is 0 Å². The summed E-state index contributed by atoms with van der Waals surface area (Å²) in [5.41, 5.74) is 2.52. The molecule has 0 bridgehead atoms. The average molecular weight is 244 g/mol. The molecule has 0 spiro atoms. The molecule has 0 saturated carbocycles. The van der Waals surface area contributed by atoms with Gasteiger partial charge >= 0.3 is 0 Å². The summed E-state index contributed by atoms with van der Waals surface area (Å²) in [7, 11) is 0. The minimum absolute atomic E-state index is 0.00777. The first kappa shape index (κ1) is 12.9. The van der Waals surface area contributed by atoms with Crippen molar-refractivity contribution < 1.29 is 5.11 Å². The molecule has 3 nitrogen and oxygen atoms in total. The largest absolute Gasteiger partial charge is 0.392 e. The van der Waals surface area contributed by atoms with E-state index in [2.05, 4.69) is 17.9 Å². The molecule has 96 valence electrons. The van der Waals surface area contributed by atoms with E-state index in [1.54, 1.807) is 6.07 Å². The first-order valence-corrected chi connectivity index (χ1v) is 6.70. The third-order valence-corrected chi connectivity index (χ3v) is 3.77. The number of nitriles is 1.